The molecule has 0 saturated carbocycles. The van der Waals surface area contributed by atoms with Crippen LogP contribution in [0.1, 0.15) is 0 Å². The zero-order valence-electron chi connectivity index (χ0n) is 16.8. The molecule has 4 aromatic rings. The van der Waals surface area contributed by atoms with Crippen molar-refractivity contribution in [3.63, 3.8) is 0 Å². The van der Waals surface area contributed by atoms with Gasteiger partial charge < -0.3 is 20.1 Å². The SMILES string of the molecule is OB(O)c1cccc([Si](c2ccccc2)(c2ccccc2)c2cccc(B(O)O)c2)c1. The van der Waals surface area contributed by atoms with Crippen LogP contribution in [0.2, 0.25) is 0 Å². The van der Waals surface area contributed by atoms with Crippen molar-refractivity contribution >= 4 is 54.0 Å². The molecule has 0 radical (unpaired) electrons. The lowest BCUT2D eigenvalue weighted by Gasteiger charge is -2.35. The van der Waals surface area contributed by atoms with E-state index in [1.54, 1.807) is 12.1 Å². The lowest BCUT2D eigenvalue weighted by molar-refractivity contribution is 0.424. The zero-order chi connectivity index (χ0) is 21.8. The molecule has 0 fully saturated rings. The van der Waals surface area contributed by atoms with Gasteiger partial charge in [-0.05, 0) is 31.7 Å². The lowest BCUT2D eigenvalue weighted by Crippen LogP contribution is -2.75. The van der Waals surface area contributed by atoms with Crippen molar-refractivity contribution in [3.05, 3.63) is 109 Å². The van der Waals surface area contributed by atoms with E-state index in [0.717, 1.165) is 20.7 Å². The third-order valence-electron chi connectivity index (χ3n) is 5.65. The van der Waals surface area contributed by atoms with Crippen LogP contribution in [0.3, 0.4) is 0 Å². The predicted octanol–water partition coefficient (Wildman–Crippen LogP) is -1.58. The Bertz CT molecular complexity index is 1060. The van der Waals surface area contributed by atoms with Gasteiger partial charge in [0.1, 0.15) is 0 Å². The molecule has 7 heteroatoms. The Morgan fingerprint density at radius 1 is 0.419 bits per heavy atom. The molecule has 0 aliphatic carbocycles. The first-order valence-corrected chi connectivity index (χ1v) is 12.1. The Morgan fingerprint density at radius 2 is 0.774 bits per heavy atom. The van der Waals surface area contributed by atoms with Crippen molar-refractivity contribution in [1.29, 1.82) is 0 Å². The van der Waals surface area contributed by atoms with Crippen LogP contribution in [0.25, 0.3) is 0 Å². The Balaban J connectivity index is 2.13. The molecule has 0 aromatic heterocycles. The van der Waals surface area contributed by atoms with Gasteiger partial charge in [0, 0.05) is 0 Å². The zero-order valence-corrected chi connectivity index (χ0v) is 17.8. The predicted molar refractivity (Wildman–Crippen MR) is 130 cm³/mol. The van der Waals surface area contributed by atoms with E-state index < -0.39 is 22.3 Å². The minimum atomic E-state index is -2.90. The second-order valence-electron chi connectivity index (χ2n) is 7.48. The van der Waals surface area contributed by atoms with Gasteiger partial charge in [0.25, 0.3) is 0 Å². The second-order valence-corrected chi connectivity index (χ2v) is 11.3. The highest BCUT2D eigenvalue weighted by atomic mass is 28.3. The number of benzene rings is 4. The first-order chi connectivity index (χ1) is 15.0. The second kappa shape index (κ2) is 9.06. The molecule has 4 nitrogen and oxygen atoms in total. The molecule has 0 atom stereocenters. The van der Waals surface area contributed by atoms with Gasteiger partial charge in [0.2, 0.25) is 0 Å². The van der Waals surface area contributed by atoms with Gasteiger partial charge in [-0.2, -0.15) is 0 Å². The van der Waals surface area contributed by atoms with Gasteiger partial charge in [0.15, 0.2) is 8.07 Å². The fourth-order valence-corrected chi connectivity index (χ4v) is 9.09. The van der Waals surface area contributed by atoms with E-state index in [9.17, 15) is 20.1 Å². The third-order valence-corrected chi connectivity index (χ3v) is 10.4. The third kappa shape index (κ3) is 4.02. The number of hydrogen-bond acceptors (Lipinski definition) is 4. The van der Waals surface area contributed by atoms with E-state index in [0.29, 0.717) is 10.9 Å². The molecular formula is C24H22B2O4Si. The highest BCUT2D eigenvalue weighted by Gasteiger charge is 2.42. The number of rotatable bonds is 6. The lowest BCUT2D eigenvalue weighted by atomic mass is 9.80. The molecule has 0 heterocycles. The van der Waals surface area contributed by atoms with Crippen LogP contribution in [0.15, 0.2) is 109 Å². The summed E-state index contributed by atoms with van der Waals surface area (Å²) >= 11 is 0. The molecule has 0 saturated heterocycles. The molecule has 0 aliphatic rings. The van der Waals surface area contributed by atoms with E-state index in [4.69, 9.17) is 0 Å². The maximum Gasteiger partial charge on any atom is 0.488 e. The van der Waals surface area contributed by atoms with Crippen LogP contribution in [0, 0.1) is 0 Å². The van der Waals surface area contributed by atoms with Gasteiger partial charge in [-0.25, -0.2) is 0 Å². The van der Waals surface area contributed by atoms with E-state index in [1.807, 2.05) is 72.8 Å². The first kappa shape index (κ1) is 21.3. The molecule has 0 aliphatic heterocycles. The maximum atomic E-state index is 9.85. The summed E-state index contributed by atoms with van der Waals surface area (Å²) in [5.74, 6) is 0. The van der Waals surface area contributed by atoms with Crippen molar-refractivity contribution in [2.75, 3.05) is 0 Å². The Morgan fingerprint density at radius 3 is 1.13 bits per heavy atom. The van der Waals surface area contributed by atoms with Gasteiger partial charge in [-0.3, -0.25) is 0 Å². The van der Waals surface area contributed by atoms with Crippen LogP contribution in [0.5, 0.6) is 0 Å². The van der Waals surface area contributed by atoms with Crippen LogP contribution in [0.4, 0.5) is 0 Å². The molecule has 0 amide bonds. The van der Waals surface area contributed by atoms with Gasteiger partial charge in [0.05, 0.1) is 0 Å². The minimum absolute atomic E-state index is 0.416. The average Bonchev–Trinajstić information content (AvgIpc) is 2.81. The molecule has 0 unspecified atom stereocenters. The summed E-state index contributed by atoms with van der Waals surface area (Å²) in [4.78, 5) is 0. The topological polar surface area (TPSA) is 80.9 Å². The first-order valence-electron chi connectivity index (χ1n) is 10.1. The molecule has 0 bridgehead atoms. The van der Waals surface area contributed by atoms with Crippen LogP contribution in [-0.2, 0) is 0 Å². The Hall–Kier alpha value is -2.93. The van der Waals surface area contributed by atoms with E-state index in [1.165, 1.54) is 0 Å². The van der Waals surface area contributed by atoms with E-state index >= 15 is 0 Å². The molecule has 4 rings (SSSR count). The molecular weight excluding hydrogens is 402 g/mol. The standard InChI is InChI=1S/C24H22B2O4Si/c27-25(28)19-9-7-15-23(17-19)31(21-11-3-1-4-12-21,22-13-5-2-6-14-22)24-16-8-10-20(18-24)26(29)30/h1-18,27-30H. The highest BCUT2D eigenvalue weighted by molar-refractivity contribution is 7.20. The van der Waals surface area contributed by atoms with Gasteiger partial charge in [-0.15, -0.1) is 0 Å². The summed E-state index contributed by atoms with van der Waals surface area (Å²) < 4.78 is 0. The van der Waals surface area contributed by atoms with Crippen LogP contribution < -0.4 is 31.7 Å². The van der Waals surface area contributed by atoms with Gasteiger partial charge >= 0.3 is 14.2 Å². The van der Waals surface area contributed by atoms with E-state index in [2.05, 4.69) is 24.3 Å². The smallest absolute Gasteiger partial charge is 0.423 e. The van der Waals surface area contributed by atoms with E-state index in [-0.39, 0.29) is 0 Å². The molecule has 152 valence electrons. The van der Waals surface area contributed by atoms with Crippen molar-refractivity contribution in [2.45, 2.75) is 0 Å². The minimum Gasteiger partial charge on any atom is -0.423 e. The normalized spacial score (nSPS) is 11.2. The summed E-state index contributed by atoms with van der Waals surface area (Å²) in [5, 5.41) is 43.5. The average molecular weight is 424 g/mol. The molecule has 4 aromatic carbocycles. The molecule has 31 heavy (non-hydrogen) atoms. The summed E-state index contributed by atoms with van der Waals surface area (Å²) in [6.45, 7) is 0. The maximum absolute atomic E-state index is 9.85. The summed E-state index contributed by atoms with van der Waals surface area (Å²) in [5.41, 5.74) is 0.833. The summed E-state index contributed by atoms with van der Waals surface area (Å²) in [7, 11) is -6.06. The van der Waals surface area contributed by atoms with Gasteiger partial charge in [-0.1, -0.05) is 109 Å². The van der Waals surface area contributed by atoms with Crippen molar-refractivity contribution in [2.24, 2.45) is 0 Å². The quantitative estimate of drug-likeness (QED) is 0.223. The van der Waals surface area contributed by atoms with Crippen molar-refractivity contribution < 1.29 is 20.1 Å². The summed E-state index contributed by atoms with van der Waals surface area (Å²) in [6, 6.07) is 35.0. The van der Waals surface area contributed by atoms with Crippen LogP contribution >= 0.6 is 0 Å². The molecule has 0 spiro atoms. The monoisotopic (exact) mass is 424 g/mol. The molecule has 4 N–H and O–H groups in total. The van der Waals surface area contributed by atoms with Crippen LogP contribution in [-0.4, -0.2) is 42.4 Å². The Kier molecular flexibility index (Phi) is 6.22. The van der Waals surface area contributed by atoms with Crippen molar-refractivity contribution in [3.8, 4) is 0 Å². The highest BCUT2D eigenvalue weighted by Crippen LogP contribution is 2.09. The Labute approximate surface area is 183 Å². The number of hydrogen-bond donors (Lipinski definition) is 4. The summed E-state index contributed by atoms with van der Waals surface area (Å²) in [6.07, 6.45) is 0. The largest absolute Gasteiger partial charge is 0.488 e. The van der Waals surface area contributed by atoms with Crippen molar-refractivity contribution in [1.82, 2.24) is 0 Å². The fourth-order valence-electron chi connectivity index (χ4n) is 4.24. The fraction of sp³-hybridized carbons (Fsp3) is 0.